The van der Waals surface area contributed by atoms with Gasteiger partial charge in [0.2, 0.25) is 0 Å². The molecule has 2 aromatic rings. The molecule has 112 valence electrons. The van der Waals surface area contributed by atoms with Crippen LogP contribution in [0.4, 0.5) is 0 Å². The molecule has 0 fully saturated rings. The van der Waals surface area contributed by atoms with Gasteiger partial charge in [-0.1, -0.05) is 58.4 Å². The molecule has 0 radical (unpaired) electrons. The Kier molecular flexibility index (Phi) is 5.57. The predicted molar refractivity (Wildman–Crippen MR) is 93.2 cm³/mol. The zero-order valence-corrected chi connectivity index (χ0v) is 14.5. The lowest BCUT2D eigenvalue weighted by Crippen LogP contribution is -2.37. The van der Waals surface area contributed by atoms with Crippen LogP contribution in [0.2, 0.25) is 0 Å². The van der Waals surface area contributed by atoms with Crippen LogP contribution in [-0.4, -0.2) is 18.0 Å². The summed E-state index contributed by atoms with van der Waals surface area (Å²) in [4.78, 5) is 2.33. The SMILES string of the molecule is Cc1ccccc1C(C(C)N)N(C)Cc1ccccc1Br. The Hall–Kier alpha value is -1.16. The lowest BCUT2D eigenvalue weighted by molar-refractivity contribution is 0.210. The number of aryl methyl sites for hydroxylation is 1. The number of benzene rings is 2. The van der Waals surface area contributed by atoms with Gasteiger partial charge in [0.25, 0.3) is 0 Å². The van der Waals surface area contributed by atoms with Gasteiger partial charge in [0.1, 0.15) is 0 Å². The fourth-order valence-electron chi connectivity index (χ4n) is 2.83. The van der Waals surface area contributed by atoms with Crippen molar-refractivity contribution in [2.75, 3.05) is 7.05 Å². The number of rotatable bonds is 5. The summed E-state index contributed by atoms with van der Waals surface area (Å²) in [6.45, 7) is 5.09. The highest BCUT2D eigenvalue weighted by atomic mass is 79.9. The summed E-state index contributed by atoms with van der Waals surface area (Å²) in [7, 11) is 2.14. The zero-order chi connectivity index (χ0) is 15.4. The van der Waals surface area contributed by atoms with E-state index in [1.807, 2.05) is 6.07 Å². The highest BCUT2D eigenvalue weighted by Gasteiger charge is 2.23. The number of nitrogens with zero attached hydrogens (tertiary/aromatic N) is 1. The van der Waals surface area contributed by atoms with Gasteiger partial charge in [-0.25, -0.2) is 0 Å². The molecule has 3 heteroatoms. The average Bonchev–Trinajstić information content (AvgIpc) is 2.43. The minimum absolute atomic E-state index is 0.0681. The number of halogens is 1. The van der Waals surface area contributed by atoms with E-state index in [4.69, 9.17) is 5.73 Å². The van der Waals surface area contributed by atoms with Crippen molar-refractivity contribution in [2.45, 2.75) is 32.5 Å². The van der Waals surface area contributed by atoms with Crippen LogP contribution in [0, 0.1) is 6.92 Å². The Balaban J connectivity index is 2.27. The molecular weight excluding hydrogens is 324 g/mol. The van der Waals surface area contributed by atoms with Gasteiger partial charge >= 0.3 is 0 Å². The molecule has 2 N–H and O–H groups in total. The van der Waals surface area contributed by atoms with Crippen LogP contribution in [0.3, 0.4) is 0 Å². The minimum Gasteiger partial charge on any atom is -0.326 e. The maximum absolute atomic E-state index is 6.28. The average molecular weight is 347 g/mol. The van der Waals surface area contributed by atoms with Crippen LogP contribution in [0.1, 0.15) is 29.7 Å². The van der Waals surface area contributed by atoms with Crippen molar-refractivity contribution in [1.29, 1.82) is 0 Å². The predicted octanol–water partition coefficient (Wildman–Crippen LogP) is 4.28. The molecule has 0 spiro atoms. The third-order valence-electron chi connectivity index (χ3n) is 3.86. The monoisotopic (exact) mass is 346 g/mol. The Morgan fingerprint density at radius 3 is 2.33 bits per heavy atom. The maximum Gasteiger partial charge on any atom is 0.0499 e. The highest BCUT2D eigenvalue weighted by molar-refractivity contribution is 9.10. The largest absolute Gasteiger partial charge is 0.326 e. The van der Waals surface area contributed by atoms with E-state index in [0.29, 0.717) is 0 Å². The second-order valence-corrected chi connectivity index (χ2v) is 6.52. The molecule has 2 rings (SSSR count). The molecule has 0 saturated carbocycles. The van der Waals surface area contributed by atoms with Crippen LogP contribution in [-0.2, 0) is 6.54 Å². The van der Waals surface area contributed by atoms with Gasteiger partial charge in [0, 0.05) is 23.1 Å². The quantitative estimate of drug-likeness (QED) is 0.875. The molecule has 2 nitrogen and oxygen atoms in total. The second-order valence-electron chi connectivity index (χ2n) is 5.67. The first kappa shape index (κ1) is 16.2. The summed E-state index contributed by atoms with van der Waals surface area (Å²) >= 11 is 3.62. The third-order valence-corrected chi connectivity index (χ3v) is 4.63. The molecular formula is C18H23BrN2. The van der Waals surface area contributed by atoms with E-state index in [1.54, 1.807) is 0 Å². The van der Waals surface area contributed by atoms with Gasteiger partial charge in [-0.05, 0) is 43.7 Å². The van der Waals surface area contributed by atoms with E-state index in [0.717, 1.165) is 11.0 Å². The van der Waals surface area contributed by atoms with E-state index in [1.165, 1.54) is 16.7 Å². The summed E-state index contributed by atoms with van der Waals surface area (Å²) in [6.07, 6.45) is 0. The summed E-state index contributed by atoms with van der Waals surface area (Å²) in [5, 5.41) is 0. The van der Waals surface area contributed by atoms with Crippen molar-refractivity contribution >= 4 is 15.9 Å². The third kappa shape index (κ3) is 3.94. The molecule has 0 aliphatic rings. The molecule has 0 amide bonds. The molecule has 21 heavy (non-hydrogen) atoms. The lowest BCUT2D eigenvalue weighted by atomic mass is 9.95. The fourth-order valence-corrected chi connectivity index (χ4v) is 3.24. The van der Waals surface area contributed by atoms with Crippen molar-refractivity contribution in [3.63, 3.8) is 0 Å². The van der Waals surface area contributed by atoms with E-state index < -0.39 is 0 Å². The molecule has 0 bridgehead atoms. The summed E-state index contributed by atoms with van der Waals surface area (Å²) in [5.41, 5.74) is 10.2. The van der Waals surface area contributed by atoms with Crippen molar-refractivity contribution < 1.29 is 0 Å². The summed E-state index contributed by atoms with van der Waals surface area (Å²) in [6, 6.07) is 17.1. The Morgan fingerprint density at radius 1 is 1.10 bits per heavy atom. The van der Waals surface area contributed by atoms with Crippen LogP contribution in [0.15, 0.2) is 53.0 Å². The molecule has 0 aromatic heterocycles. The molecule has 2 aromatic carbocycles. The van der Waals surface area contributed by atoms with Crippen molar-refractivity contribution in [1.82, 2.24) is 4.90 Å². The van der Waals surface area contributed by atoms with Crippen LogP contribution < -0.4 is 5.73 Å². The number of hydrogen-bond donors (Lipinski definition) is 1. The van der Waals surface area contributed by atoms with Gasteiger partial charge in [-0.15, -0.1) is 0 Å². The van der Waals surface area contributed by atoms with Gasteiger partial charge < -0.3 is 5.73 Å². The normalized spacial score (nSPS) is 14.2. The van der Waals surface area contributed by atoms with E-state index in [-0.39, 0.29) is 12.1 Å². The van der Waals surface area contributed by atoms with Crippen molar-refractivity contribution in [3.05, 3.63) is 69.7 Å². The van der Waals surface area contributed by atoms with Crippen LogP contribution >= 0.6 is 15.9 Å². The Morgan fingerprint density at radius 2 is 1.71 bits per heavy atom. The van der Waals surface area contributed by atoms with E-state index in [9.17, 15) is 0 Å². The van der Waals surface area contributed by atoms with Crippen LogP contribution in [0.5, 0.6) is 0 Å². The molecule has 0 aliphatic heterocycles. The maximum atomic E-state index is 6.28. The van der Waals surface area contributed by atoms with Gasteiger partial charge in [0.05, 0.1) is 0 Å². The van der Waals surface area contributed by atoms with E-state index in [2.05, 4.69) is 84.2 Å². The number of likely N-dealkylation sites (N-methyl/N-ethyl adjacent to an activating group) is 1. The van der Waals surface area contributed by atoms with Gasteiger partial charge in [-0.2, -0.15) is 0 Å². The molecule has 0 aliphatic carbocycles. The Labute approximate surface area is 136 Å². The number of nitrogens with two attached hydrogens (primary N) is 1. The number of hydrogen-bond acceptors (Lipinski definition) is 2. The molecule has 2 unspecified atom stereocenters. The smallest absolute Gasteiger partial charge is 0.0499 e. The van der Waals surface area contributed by atoms with E-state index >= 15 is 0 Å². The first-order valence-electron chi connectivity index (χ1n) is 7.25. The first-order valence-corrected chi connectivity index (χ1v) is 8.04. The summed E-state index contributed by atoms with van der Waals surface area (Å²) < 4.78 is 1.14. The minimum atomic E-state index is 0.0681. The first-order chi connectivity index (χ1) is 10.0. The molecule has 0 heterocycles. The molecule has 0 saturated heterocycles. The Bertz CT molecular complexity index is 595. The highest BCUT2D eigenvalue weighted by Crippen LogP contribution is 2.28. The fraction of sp³-hybridized carbons (Fsp3) is 0.333. The second kappa shape index (κ2) is 7.21. The van der Waals surface area contributed by atoms with Crippen molar-refractivity contribution in [2.24, 2.45) is 5.73 Å². The zero-order valence-electron chi connectivity index (χ0n) is 12.9. The van der Waals surface area contributed by atoms with Gasteiger partial charge in [0.15, 0.2) is 0 Å². The van der Waals surface area contributed by atoms with Crippen LogP contribution in [0.25, 0.3) is 0 Å². The van der Waals surface area contributed by atoms with Crippen molar-refractivity contribution in [3.8, 4) is 0 Å². The lowest BCUT2D eigenvalue weighted by Gasteiger charge is -2.32. The molecule has 2 atom stereocenters. The standard InChI is InChI=1S/C18H23BrN2/c1-13-8-4-6-10-16(13)18(14(2)20)21(3)12-15-9-5-7-11-17(15)19/h4-11,14,18H,12,20H2,1-3H3. The van der Waals surface area contributed by atoms with Gasteiger partial charge in [-0.3, -0.25) is 4.90 Å². The topological polar surface area (TPSA) is 29.3 Å². The summed E-state index contributed by atoms with van der Waals surface area (Å²) in [5.74, 6) is 0.